The van der Waals surface area contributed by atoms with Gasteiger partial charge in [0.05, 0.1) is 19.3 Å². The van der Waals surface area contributed by atoms with Crippen LogP contribution >= 0.6 is 0 Å². The SMILES string of the molecule is CCCCCCCC/C=C\CCCCCCCCOCCN(CCOCCCCCCCC/C=C\CCCCCCCC)C(=O)[C@@H](N)CCCN. The van der Waals surface area contributed by atoms with E-state index in [2.05, 4.69) is 38.2 Å². The zero-order chi connectivity index (χ0) is 37.1. The van der Waals surface area contributed by atoms with E-state index in [1.807, 2.05) is 4.90 Å². The molecule has 4 N–H and O–H groups in total. The van der Waals surface area contributed by atoms with Crippen molar-refractivity contribution in [3.05, 3.63) is 24.3 Å². The van der Waals surface area contributed by atoms with E-state index in [0.29, 0.717) is 39.3 Å². The highest BCUT2D eigenvalue weighted by atomic mass is 16.5. The summed E-state index contributed by atoms with van der Waals surface area (Å²) < 4.78 is 11.9. The topological polar surface area (TPSA) is 90.8 Å². The lowest BCUT2D eigenvalue weighted by molar-refractivity contribution is -0.134. The van der Waals surface area contributed by atoms with Crippen LogP contribution in [0.25, 0.3) is 0 Å². The molecule has 0 unspecified atom stereocenters. The molecule has 51 heavy (non-hydrogen) atoms. The average Bonchev–Trinajstić information content (AvgIpc) is 3.14. The fraction of sp³-hybridized carbons (Fsp3) is 0.889. The highest BCUT2D eigenvalue weighted by molar-refractivity contribution is 5.81. The van der Waals surface area contributed by atoms with E-state index in [9.17, 15) is 4.79 Å². The van der Waals surface area contributed by atoms with Crippen LogP contribution in [0.4, 0.5) is 0 Å². The molecule has 0 aliphatic carbocycles. The van der Waals surface area contributed by atoms with Crippen LogP contribution in [-0.2, 0) is 14.3 Å². The monoisotopic (exact) mass is 720 g/mol. The number of rotatable bonds is 42. The summed E-state index contributed by atoms with van der Waals surface area (Å²) in [6.45, 7) is 8.87. The number of amides is 1. The van der Waals surface area contributed by atoms with Gasteiger partial charge in [-0.15, -0.1) is 0 Å². The van der Waals surface area contributed by atoms with Crippen molar-refractivity contribution in [2.45, 2.75) is 213 Å². The summed E-state index contributed by atoms with van der Waals surface area (Å²) in [6, 6.07) is -0.500. The molecule has 0 rings (SSSR count). The Morgan fingerprint density at radius 1 is 0.490 bits per heavy atom. The molecule has 0 fully saturated rings. The molecule has 0 spiro atoms. The number of ether oxygens (including phenoxy) is 2. The minimum atomic E-state index is -0.500. The Hall–Kier alpha value is -1.21. The van der Waals surface area contributed by atoms with Gasteiger partial charge in [-0.1, -0.05) is 154 Å². The van der Waals surface area contributed by atoms with E-state index >= 15 is 0 Å². The number of carbonyl (C=O) groups excluding carboxylic acids is 1. The first-order valence-corrected chi connectivity index (χ1v) is 22.4. The maximum absolute atomic E-state index is 13.0. The molecule has 0 aliphatic heterocycles. The highest BCUT2D eigenvalue weighted by Gasteiger charge is 2.20. The van der Waals surface area contributed by atoms with Crippen molar-refractivity contribution < 1.29 is 14.3 Å². The molecule has 1 amide bonds. The predicted molar refractivity (Wildman–Crippen MR) is 223 cm³/mol. The first-order valence-electron chi connectivity index (χ1n) is 22.4. The first-order chi connectivity index (χ1) is 25.2. The number of hydrogen-bond donors (Lipinski definition) is 2. The zero-order valence-corrected chi connectivity index (χ0v) is 34.4. The molecule has 0 aromatic rings. The number of allylic oxidation sites excluding steroid dienone is 4. The summed E-state index contributed by atoms with van der Waals surface area (Å²) in [6.07, 6.45) is 47.5. The molecule has 0 aliphatic rings. The molecule has 0 aromatic heterocycles. The summed E-state index contributed by atoms with van der Waals surface area (Å²) >= 11 is 0. The number of nitrogens with zero attached hydrogens (tertiary/aromatic N) is 1. The van der Waals surface area contributed by atoms with Crippen molar-refractivity contribution in [2.24, 2.45) is 11.5 Å². The Balaban J connectivity index is 3.85. The third-order valence-corrected chi connectivity index (χ3v) is 9.96. The standard InChI is InChI=1S/C45H89N3O3/c1-3-5-7-9-11-13-15-17-19-21-23-25-27-29-31-33-40-50-42-38-48(45(49)44(47)36-35-37-46)39-43-51-41-34-32-30-28-26-24-22-20-18-16-14-12-10-8-6-4-2/h17-20,44H,3-16,21-43,46-47H2,1-2H3/b19-17-,20-18-/t44-/m0/s1. The van der Waals surface area contributed by atoms with Crippen molar-refractivity contribution in [2.75, 3.05) is 46.1 Å². The van der Waals surface area contributed by atoms with Gasteiger partial charge < -0.3 is 25.8 Å². The van der Waals surface area contributed by atoms with Gasteiger partial charge in [0, 0.05) is 26.3 Å². The number of nitrogens with two attached hydrogens (primary N) is 2. The Kier molecular flexibility index (Phi) is 42.2. The Bertz CT molecular complexity index is 696. The van der Waals surface area contributed by atoms with Gasteiger partial charge in [-0.05, 0) is 83.6 Å². The summed E-state index contributed by atoms with van der Waals surface area (Å²) in [5, 5.41) is 0. The van der Waals surface area contributed by atoms with Crippen molar-refractivity contribution >= 4 is 5.91 Å². The molecule has 0 heterocycles. The van der Waals surface area contributed by atoms with E-state index in [-0.39, 0.29) is 5.91 Å². The quantitative estimate of drug-likeness (QED) is 0.0484. The minimum absolute atomic E-state index is 0.00911. The van der Waals surface area contributed by atoms with Gasteiger partial charge >= 0.3 is 0 Å². The van der Waals surface area contributed by atoms with Crippen LogP contribution in [0.1, 0.15) is 206 Å². The van der Waals surface area contributed by atoms with Gasteiger partial charge in [-0.3, -0.25) is 4.79 Å². The lowest BCUT2D eigenvalue weighted by atomic mass is 10.1. The van der Waals surface area contributed by atoms with Crippen molar-refractivity contribution in [1.29, 1.82) is 0 Å². The highest BCUT2D eigenvalue weighted by Crippen LogP contribution is 2.12. The minimum Gasteiger partial charge on any atom is -0.380 e. The third kappa shape index (κ3) is 38.3. The number of hydrogen-bond acceptors (Lipinski definition) is 5. The van der Waals surface area contributed by atoms with Crippen LogP contribution in [0.2, 0.25) is 0 Å². The lowest BCUT2D eigenvalue weighted by Crippen LogP contribution is -2.46. The molecule has 302 valence electrons. The Labute approximate surface area is 318 Å². The number of carbonyl (C=O) groups is 1. The second-order valence-corrected chi connectivity index (χ2v) is 15.0. The largest absolute Gasteiger partial charge is 0.380 e. The van der Waals surface area contributed by atoms with E-state index in [1.165, 1.54) is 167 Å². The zero-order valence-electron chi connectivity index (χ0n) is 34.4. The van der Waals surface area contributed by atoms with Gasteiger partial charge in [0.2, 0.25) is 5.91 Å². The van der Waals surface area contributed by atoms with Gasteiger partial charge in [0.1, 0.15) is 0 Å². The van der Waals surface area contributed by atoms with Crippen LogP contribution in [-0.4, -0.2) is 62.9 Å². The average molecular weight is 720 g/mol. The van der Waals surface area contributed by atoms with E-state index in [1.54, 1.807) is 0 Å². The second kappa shape index (κ2) is 43.2. The van der Waals surface area contributed by atoms with E-state index in [4.69, 9.17) is 20.9 Å². The van der Waals surface area contributed by atoms with Crippen molar-refractivity contribution in [3.8, 4) is 0 Å². The van der Waals surface area contributed by atoms with Gasteiger partial charge in [-0.25, -0.2) is 0 Å². The second-order valence-electron chi connectivity index (χ2n) is 15.0. The van der Waals surface area contributed by atoms with Crippen LogP contribution in [0.5, 0.6) is 0 Å². The van der Waals surface area contributed by atoms with Crippen LogP contribution in [0.3, 0.4) is 0 Å². The molecule has 0 aromatic carbocycles. The van der Waals surface area contributed by atoms with Crippen LogP contribution < -0.4 is 11.5 Å². The van der Waals surface area contributed by atoms with E-state index in [0.717, 1.165) is 32.5 Å². The van der Waals surface area contributed by atoms with Crippen molar-refractivity contribution in [3.63, 3.8) is 0 Å². The van der Waals surface area contributed by atoms with Gasteiger partial charge in [-0.2, -0.15) is 0 Å². The fourth-order valence-electron chi connectivity index (χ4n) is 6.48. The third-order valence-electron chi connectivity index (χ3n) is 9.96. The summed E-state index contributed by atoms with van der Waals surface area (Å²) in [5.41, 5.74) is 11.9. The molecular weight excluding hydrogens is 631 g/mol. The molecule has 0 radical (unpaired) electrons. The molecule has 0 bridgehead atoms. The van der Waals surface area contributed by atoms with Crippen molar-refractivity contribution in [1.82, 2.24) is 4.90 Å². The Morgan fingerprint density at radius 2 is 0.824 bits per heavy atom. The molecule has 6 nitrogen and oxygen atoms in total. The summed E-state index contributed by atoms with van der Waals surface area (Å²) in [4.78, 5) is 14.9. The molecular formula is C45H89N3O3. The maximum Gasteiger partial charge on any atom is 0.239 e. The fourth-order valence-corrected chi connectivity index (χ4v) is 6.48. The van der Waals surface area contributed by atoms with E-state index < -0.39 is 6.04 Å². The maximum atomic E-state index is 13.0. The van der Waals surface area contributed by atoms with Crippen LogP contribution in [0, 0.1) is 0 Å². The molecule has 1 atom stereocenters. The number of unbranched alkanes of at least 4 members (excludes halogenated alkanes) is 24. The molecule has 0 saturated carbocycles. The van der Waals surface area contributed by atoms with Crippen LogP contribution in [0.15, 0.2) is 24.3 Å². The molecule has 6 heteroatoms. The smallest absolute Gasteiger partial charge is 0.239 e. The Morgan fingerprint density at radius 3 is 1.18 bits per heavy atom. The summed E-state index contributed by atoms with van der Waals surface area (Å²) in [7, 11) is 0. The predicted octanol–water partition coefficient (Wildman–Crippen LogP) is 12.0. The lowest BCUT2D eigenvalue weighted by Gasteiger charge is -2.25. The molecule has 0 saturated heterocycles. The normalized spacial score (nSPS) is 12.5. The summed E-state index contributed by atoms with van der Waals surface area (Å²) in [5.74, 6) is -0.00911. The first kappa shape index (κ1) is 49.8. The van der Waals surface area contributed by atoms with Gasteiger partial charge in [0.15, 0.2) is 0 Å². The van der Waals surface area contributed by atoms with Gasteiger partial charge in [0.25, 0.3) is 0 Å².